The lowest BCUT2D eigenvalue weighted by atomic mass is 10.2. The van der Waals surface area contributed by atoms with Gasteiger partial charge in [0, 0.05) is 48.8 Å². The van der Waals surface area contributed by atoms with Gasteiger partial charge in [0.15, 0.2) is 0 Å². The molecular weight excluding hydrogens is 258 g/mol. The van der Waals surface area contributed by atoms with Crippen molar-refractivity contribution in [3.63, 3.8) is 0 Å². The predicted molar refractivity (Wildman–Crippen MR) is 75.2 cm³/mol. The number of phenolic OH excluding ortho intramolecular Hbond substituents is 1. The van der Waals surface area contributed by atoms with Gasteiger partial charge in [0.05, 0.1) is 4.92 Å². The molecule has 0 radical (unpaired) electrons. The fourth-order valence-corrected chi connectivity index (χ4v) is 1.65. The van der Waals surface area contributed by atoms with E-state index in [4.69, 9.17) is 0 Å². The second kappa shape index (κ2) is 6.42. The third-order valence-electron chi connectivity index (χ3n) is 2.68. The Bertz CT molecular complexity index is 627. The summed E-state index contributed by atoms with van der Waals surface area (Å²) in [5.41, 5.74) is 1.18. The van der Waals surface area contributed by atoms with Crippen molar-refractivity contribution in [1.82, 2.24) is 4.98 Å². The summed E-state index contributed by atoms with van der Waals surface area (Å²) in [4.78, 5) is 18.5. The van der Waals surface area contributed by atoms with Crippen molar-refractivity contribution < 1.29 is 10.0 Å². The monoisotopic (exact) mass is 271 g/mol. The number of hydrogen-bond donors (Lipinski definition) is 1. The third-order valence-corrected chi connectivity index (χ3v) is 2.68. The number of aromatic hydroxyl groups is 1. The zero-order valence-corrected chi connectivity index (χ0v) is 10.6. The summed E-state index contributed by atoms with van der Waals surface area (Å²) in [6, 6.07) is 9.48. The number of benzene rings is 1. The number of hydrogen-bond acceptors (Lipinski definition) is 5. The van der Waals surface area contributed by atoms with Crippen LogP contribution in [0, 0.1) is 10.1 Å². The lowest BCUT2D eigenvalue weighted by Gasteiger charge is -1.99. The van der Waals surface area contributed by atoms with E-state index in [1.165, 1.54) is 24.4 Å². The minimum atomic E-state index is -0.509. The van der Waals surface area contributed by atoms with E-state index >= 15 is 0 Å². The maximum Gasteiger partial charge on any atom is 0.270 e. The summed E-state index contributed by atoms with van der Waals surface area (Å²) in [7, 11) is 0. The maximum absolute atomic E-state index is 10.7. The molecule has 0 fully saturated rings. The maximum atomic E-state index is 10.7. The molecule has 0 spiro atoms. The topological polar surface area (TPSA) is 88.6 Å². The number of aliphatic imine (C=N–C) groups is 1. The molecule has 0 saturated heterocycles. The molecule has 0 atom stereocenters. The Balaban J connectivity index is 2.00. The number of rotatable bonds is 5. The first-order chi connectivity index (χ1) is 9.66. The molecule has 2 aromatic rings. The highest BCUT2D eigenvalue weighted by Gasteiger charge is 2.08. The van der Waals surface area contributed by atoms with Crippen LogP contribution in [0.15, 0.2) is 47.6 Å². The summed E-state index contributed by atoms with van der Waals surface area (Å²) in [6.07, 6.45) is 3.82. The average Bonchev–Trinajstić information content (AvgIpc) is 2.46. The molecule has 0 aliphatic heterocycles. The van der Waals surface area contributed by atoms with Crippen molar-refractivity contribution in [2.75, 3.05) is 6.54 Å². The van der Waals surface area contributed by atoms with Crippen LogP contribution in [0.3, 0.4) is 0 Å². The van der Waals surface area contributed by atoms with Crippen LogP contribution in [-0.4, -0.2) is 27.8 Å². The van der Waals surface area contributed by atoms with Gasteiger partial charge < -0.3 is 5.11 Å². The summed E-state index contributed by atoms with van der Waals surface area (Å²) < 4.78 is 0. The first-order valence-corrected chi connectivity index (χ1v) is 6.04. The highest BCUT2D eigenvalue weighted by atomic mass is 16.6. The average molecular weight is 271 g/mol. The van der Waals surface area contributed by atoms with E-state index in [1.54, 1.807) is 6.20 Å². The van der Waals surface area contributed by atoms with Crippen molar-refractivity contribution in [2.24, 2.45) is 4.99 Å². The number of non-ortho nitro benzene ring substituents is 1. The second-order valence-corrected chi connectivity index (χ2v) is 4.11. The van der Waals surface area contributed by atoms with Gasteiger partial charge in [-0.3, -0.25) is 20.1 Å². The molecule has 0 saturated carbocycles. The molecule has 0 unspecified atom stereocenters. The smallest absolute Gasteiger partial charge is 0.270 e. The van der Waals surface area contributed by atoms with Crippen LogP contribution in [-0.2, 0) is 6.42 Å². The zero-order valence-electron chi connectivity index (χ0n) is 10.6. The van der Waals surface area contributed by atoms with Gasteiger partial charge in [0.25, 0.3) is 5.69 Å². The lowest BCUT2D eigenvalue weighted by molar-refractivity contribution is -0.384. The molecule has 1 heterocycles. The van der Waals surface area contributed by atoms with Crippen LogP contribution in [0.1, 0.15) is 11.3 Å². The van der Waals surface area contributed by atoms with Gasteiger partial charge in [-0.05, 0) is 18.2 Å². The van der Waals surface area contributed by atoms with E-state index in [9.17, 15) is 15.2 Å². The van der Waals surface area contributed by atoms with Crippen molar-refractivity contribution in [3.8, 4) is 5.75 Å². The molecular formula is C14H13N3O3. The largest absolute Gasteiger partial charge is 0.507 e. The Hall–Kier alpha value is -2.76. The molecule has 1 aromatic carbocycles. The van der Waals surface area contributed by atoms with E-state index < -0.39 is 4.92 Å². The standard InChI is InChI=1S/C14H13N3O3/c18-14-5-4-13(17(19)20)9-11(14)10-15-8-6-12-3-1-2-7-16-12/h1-5,7,9-10,18H,6,8H2. The molecule has 6 nitrogen and oxygen atoms in total. The highest BCUT2D eigenvalue weighted by molar-refractivity contribution is 5.84. The van der Waals surface area contributed by atoms with Gasteiger partial charge in [-0.2, -0.15) is 0 Å². The van der Waals surface area contributed by atoms with Crippen LogP contribution in [0.5, 0.6) is 5.75 Å². The molecule has 20 heavy (non-hydrogen) atoms. The number of nitrogens with zero attached hydrogens (tertiary/aromatic N) is 3. The quantitative estimate of drug-likeness (QED) is 0.513. The molecule has 1 N–H and O–H groups in total. The van der Waals surface area contributed by atoms with Gasteiger partial charge in [0.2, 0.25) is 0 Å². The summed E-state index contributed by atoms with van der Waals surface area (Å²) in [6.45, 7) is 0.499. The molecule has 1 aromatic heterocycles. The Labute approximate surface area is 115 Å². The van der Waals surface area contributed by atoms with E-state index in [2.05, 4.69) is 9.98 Å². The Morgan fingerprint density at radius 2 is 2.20 bits per heavy atom. The molecule has 0 bridgehead atoms. The Morgan fingerprint density at radius 1 is 1.35 bits per heavy atom. The van der Waals surface area contributed by atoms with Gasteiger partial charge in [-0.25, -0.2) is 0 Å². The van der Waals surface area contributed by atoms with Crippen LogP contribution < -0.4 is 0 Å². The normalized spacial score (nSPS) is 10.8. The van der Waals surface area contributed by atoms with Crippen molar-refractivity contribution >= 4 is 11.9 Å². The van der Waals surface area contributed by atoms with Gasteiger partial charge in [-0.15, -0.1) is 0 Å². The second-order valence-electron chi connectivity index (χ2n) is 4.11. The van der Waals surface area contributed by atoms with Crippen molar-refractivity contribution in [2.45, 2.75) is 6.42 Å². The Kier molecular flexibility index (Phi) is 4.39. The first-order valence-electron chi connectivity index (χ1n) is 6.04. The van der Waals surface area contributed by atoms with Crippen LogP contribution in [0.2, 0.25) is 0 Å². The van der Waals surface area contributed by atoms with E-state index in [0.29, 0.717) is 18.5 Å². The highest BCUT2D eigenvalue weighted by Crippen LogP contribution is 2.21. The number of aromatic nitrogens is 1. The number of phenols is 1. The lowest BCUT2D eigenvalue weighted by Crippen LogP contribution is -1.94. The fourth-order valence-electron chi connectivity index (χ4n) is 1.65. The molecule has 6 heteroatoms. The first kappa shape index (κ1) is 13.7. The molecule has 102 valence electrons. The third kappa shape index (κ3) is 3.61. The Morgan fingerprint density at radius 3 is 2.90 bits per heavy atom. The SMILES string of the molecule is O=[N+]([O-])c1ccc(O)c(C=NCCc2ccccn2)c1. The van der Waals surface area contributed by atoms with Gasteiger partial charge in [0.1, 0.15) is 5.75 Å². The molecule has 2 rings (SSSR count). The van der Waals surface area contributed by atoms with Gasteiger partial charge >= 0.3 is 0 Å². The summed E-state index contributed by atoms with van der Waals surface area (Å²) >= 11 is 0. The number of pyridine rings is 1. The van der Waals surface area contributed by atoms with E-state index in [0.717, 1.165) is 5.69 Å². The van der Waals surface area contributed by atoms with Crippen molar-refractivity contribution in [3.05, 3.63) is 64.0 Å². The van der Waals surface area contributed by atoms with E-state index in [-0.39, 0.29) is 11.4 Å². The molecule has 0 amide bonds. The fraction of sp³-hybridized carbons (Fsp3) is 0.143. The summed E-state index contributed by atoms with van der Waals surface area (Å²) in [5, 5.41) is 20.3. The van der Waals surface area contributed by atoms with Crippen LogP contribution >= 0.6 is 0 Å². The molecule has 0 aliphatic carbocycles. The van der Waals surface area contributed by atoms with Crippen molar-refractivity contribution in [1.29, 1.82) is 0 Å². The molecule has 0 aliphatic rings. The van der Waals surface area contributed by atoms with E-state index in [1.807, 2.05) is 18.2 Å². The van der Waals surface area contributed by atoms with Crippen LogP contribution in [0.4, 0.5) is 5.69 Å². The number of nitro benzene ring substituents is 1. The summed E-state index contributed by atoms with van der Waals surface area (Å²) in [5.74, 6) is -0.0304. The minimum absolute atomic E-state index is 0.0304. The minimum Gasteiger partial charge on any atom is -0.507 e. The zero-order chi connectivity index (χ0) is 14.4. The predicted octanol–water partition coefficient (Wildman–Crippen LogP) is 2.36. The van der Waals surface area contributed by atoms with Gasteiger partial charge in [-0.1, -0.05) is 6.07 Å². The van der Waals surface area contributed by atoms with Crippen LogP contribution in [0.25, 0.3) is 0 Å². The number of nitro groups is 1.